The number of nitro groups is 1. The Bertz CT molecular complexity index is 772. The SMILES string of the molecule is Cc1ccc(CNc2cc3c(cc2[N+](=O)[O-])OCC(=O)N3)cc1. The summed E-state index contributed by atoms with van der Waals surface area (Å²) in [6, 6.07) is 10.7. The average Bonchev–Trinajstić information content (AvgIpc) is 2.53. The molecular formula is C16H15N3O4. The number of nitro benzene ring substituents is 1. The Labute approximate surface area is 132 Å². The highest BCUT2D eigenvalue weighted by Gasteiger charge is 2.23. The molecule has 0 aromatic heterocycles. The largest absolute Gasteiger partial charge is 0.481 e. The van der Waals surface area contributed by atoms with Gasteiger partial charge in [-0.2, -0.15) is 0 Å². The van der Waals surface area contributed by atoms with Crippen LogP contribution in [0.2, 0.25) is 0 Å². The molecule has 0 radical (unpaired) electrons. The molecule has 7 heteroatoms. The lowest BCUT2D eigenvalue weighted by Crippen LogP contribution is -2.25. The Balaban J connectivity index is 1.87. The normalized spacial score (nSPS) is 12.8. The maximum atomic E-state index is 11.4. The second-order valence-electron chi connectivity index (χ2n) is 5.30. The summed E-state index contributed by atoms with van der Waals surface area (Å²) in [5.41, 5.74) is 2.82. The highest BCUT2D eigenvalue weighted by atomic mass is 16.6. The summed E-state index contributed by atoms with van der Waals surface area (Å²) in [6.45, 7) is 2.29. The molecule has 0 fully saturated rings. The number of amides is 1. The van der Waals surface area contributed by atoms with Crippen molar-refractivity contribution in [2.75, 3.05) is 17.2 Å². The van der Waals surface area contributed by atoms with Crippen LogP contribution < -0.4 is 15.4 Å². The van der Waals surface area contributed by atoms with Gasteiger partial charge in [-0.1, -0.05) is 29.8 Å². The van der Waals surface area contributed by atoms with Crippen molar-refractivity contribution in [1.82, 2.24) is 0 Å². The molecule has 3 rings (SSSR count). The van der Waals surface area contributed by atoms with Crippen molar-refractivity contribution in [2.24, 2.45) is 0 Å². The number of carbonyl (C=O) groups is 1. The zero-order valence-corrected chi connectivity index (χ0v) is 12.5. The van der Waals surface area contributed by atoms with Crippen molar-refractivity contribution in [1.29, 1.82) is 0 Å². The topological polar surface area (TPSA) is 93.5 Å². The van der Waals surface area contributed by atoms with Crippen LogP contribution in [0.15, 0.2) is 36.4 Å². The van der Waals surface area contributed by atoms with Crippen molar-refractivity contribution in [2.45, 2.75) is 13.5 Å². The molecule has 23 heavy (non-hydrogen) atoms. The van der Waals surface area contributed by atoms with Gasteiger partial charge in [-0.15, -0.1) is 0 Å². The minimum Gasteiger partial charge on any atom is -0.481 e. The number of fused-ring (bicyclic) bond motifs is 1. The summed E-state index contributed by atoms with van der Waals surface area (Å²) >= 11 is 0. The third-order valence-electron chi connectivity index (χ3n) is 3.53. The van der Waals surface area contributed by atoms with Crippen LogP contribution in [0.5, 0.6) is 5.75 Å². The molecule has 1 amide bonds. The first-order valence-electron chi connectivity index (χ1n) is 7.07. The van der Waals surface area contributed by atoms with Crippen molar-refractivity contribution < 1.29 is 14.5 Å². The highest BCUT2D eigenvalue weighted by Crippen LogP contribution is 2.37. The van der Waals surface area contributed by atoms with Crippen LogP contribution in [-0.4, -0.2) is 17.4 Å². The van der Waals surface area contributed by atoms with E-state index in [1.54, 1.807) is 0 Å². The third kappa shape index (κ3) is 3.23. The summed E-state index contributed by atoms with van der Waals surface area (Å²) in [5.74, 6) is 0.0213. The van der Waals surface area contributed by atoms with Crippen molar-refractivity contribution >= 4 is 23.0 Å². The fraction of sp³-hybridized carbons (Fsp3) is 0.188. The van der Waals surface area contributed by atoms with Gasteiger partial charge in [-0.25, -0.2) is 0 Å². The van der Waals surface area contributed by atoms with Crippen LogP contribution in [0.4, 0.5) is 17.1 Å². The monoisotopic (exact) mass is 313 g/mol. The van der Waals surface area contributed by atoms with E-state index < -0.39 is 4.92 Å². The van der Waals surface area contributed by atoms with E-state index in [2.05, 4.69) is 10.6 Å². The molecule has 0 bridgehead atoms. The summed E-state index contributed by atoms with van der Waals surface area (Å²) in [6.07, 6.45) is 0. The standard InChI is InChI=1S/C16H15N3O4/c1-10-2-4-11(5-3-10)8-17-12-6-13-15(7-14(12)19(21)22)23-9-16(20)18-13/h2-7,17H,8-9H2,1H3,(H,18,20). The minimum absolute atomic E-state index is 0.0907. The fourth-order valence-electron chi connectivity index (χ4n) is 2.31. The number of rotatable bonds is 4. The lowest BCUT2D eigenvalue weighted by molar-refractivity contribution is -0.384. The lowest BCUT2D eigenvalue weighted by Gasteiger charge is -2.19. The molecule has 0 saturated heterocycles. The second-order valence-corrected chi connectivity index (χ2v) is 5.30. The second kappa shape index (κ2) is 5.96. The number of hydrogen-bond donors (Lipinski definition) is 2. The van der Waals surface area contributed by atoms with Crippen molar-refractivity contribution in [3.8, 4) is 5.75 Å². The van der Waals surface area contributed by atoms with E-state index in [4.69, 9.17) is 4.74 Å². The van der Waals surface area contributed by atoms with Crippen molar-refractivity contribution in [3.63, 3.8) is 0 Å². The maximum absolute atomic E-state index is 11.4. The van der Waals surface area contributed by atoms with Gasteiger partial charge in [0.1, 0.15) is 5.69 Å². The molecule has 2 aromatic rings. The molecule has 0 aliphatic carbocycles. The summed E-state index contributed by atoms with van der Waals surface area (Å²) < 4.78 is 5.21. The van der Waals surface area contributed by atoms with Gasteiger partial charge in [-0.05, 0) is 18.6 Å². The Morgan fingerprint density at radius 3 is 2.74 bits per heavy atom. The molecule has 0 unspecified atom stereocenters. The summed E-state index contributed by atoms with van der Waals surface area (Å²) in [7, 11) is 0. The highest BCUT2D eigenvalue weighted by molar-refractivity contribution is 5.96. The van der Waals surface area contributed by atoms with Crippen LogP contribution in [0, 0.1) is 17.0 Å². The summed E-state index contributed by atoms with van der Waals surface area (Å²) in [4.78, 5) is 22.2. The van der Waals surface area contributed by atoms with Gasteiger partial charge in [0.05, 0.1) is 16.7 Å². The molecule has 7 nitrogen and oxygen atoms in total. The van der Waals surface area contributed by atoms with Gasteiger partial charge >= 0.3 is 0 Å². The first kappa shape index (κ1) is 14.8. The van der Waals surface area contributed by atoms with Gasteiger partial charge in [-0.3, -0.25) is 14.9 Å². The first-order chi connectivity index (χ1) is 11.0. The van der Waals surface area contributed by atoms with E-state index in [1.165, 1.54) is 12.1 Å². The first-order valence-corrected chi connectivity index (χ1v) is 7.07. The number of ether oxygens (including phenoxy) is 1. The summed E-state index contributed by atoms with van der Waals surface area (Å²) in [5, 5.41) is 16.9. The van der Waals surface area contributed by atoms with E-state index in [9.17, 15) is 14.9 Å². The van der Waals surface area contributed by atoms with E-state index in [0.29, 0.717) is 23.7 Å². The molecule has 0 saturated carbocycles. The van der Waals surface area contributed by atoms with Crippen LogP contribution in [-0.2, 0) is 11.3 Å². The van der Waals surface area contributed by atoms with Gasteiger partial charge < -0.3 is 15.4 Å². The van der Waals surface area contributed by atoms with Crippen LogP contribution in [0.1, 0.15) is 11.1 Å². The number of benzene rings is 2. The molecule has 0 atom stereocenters. The van der Waals surface area contributed by atoms with E-state index in [-0.39, 0.29) is 18.2 Å². The van der Waals surface area contributed by atoms with Crippen LogP contribution >= 0.6 is 0 Å². The number of nitrogens with one attached hydrogen (secondary N) is 2. The maximum Gasteiger partial charge on any atom is 0.296 e. The predicted molar refractivity (Wildman–Crippen MR) is 85.7 cm³/mol. The average molecular weight is 313 g/mol. The van der Waals surface area contributed by atoms with Gasteiger partial charge in [0.25, 0.3) is 11.6 Å². The molecule has 1 aliphatic heterocycles. The predicted octanol–water partition coefficient (Wildman–Crippen LogP) is 2.85. The van der Waals surface area contributed by atoms with E-state index in [1.807, 2.05) is 31.2 Å². The number of nitrogens with zero attached hydrogens (tertiary/aromatic N) is 1. The number of aryl methyl sites for hydroxylation is 1. The zero-order valence-electron chi connectivity index (χ0n) is 12.5. The molecule has 2 aromatic carbocycles. The van der Waals surface area contributed by atoms with Gasteiger partial charge in [0, 0.05) is 6.54 Å². The number of carbonyl (C=O) groups excluding carboxylic acids is 1. The molecule has 0 spiro atoms. The zero-order chi connectivity index (χ0) is 16.4. The smallest absolute Gasteiger partial charge is 0.296 e. The van der Waals surface area contributed by atoms with Gasteiger partial charge in [0.2, 0.25) is 0 Å². The minimum atomic E-state index is -0.475. The third-order valence-corrected chi connectivity index (χ3v) is 3.53. The van der Waals surface area contributed by atoms with Crippen LogP contribution in [0.25, 0.3) is 0 Å². The Morgan fingerprint density at radius 2 is 2.04 bits per heavy atom. The molecule has 118 valence electrons. The molecular weight excluding hydrogens is 298 g/mol. The van der Waals surface area contributed by atoms with Crippen molar-refractivity contribution in [3.05, 3.63) is 57.6 Å². The van der Waals surface area contributed by atoms with E-state index in [0.717, 1.165) is 11.1 Å². The Kier molecular flexibility index (Phi) is 3.84. The Hall–Kier alpha value is -3.09. The molecule has 1 aliphatic rings. The lowest BCUT2D eigenvalue weighted by atomic mass is 10.1. The number of hydrogen-bond acceptors (Lipinski definition) is 5. The van der Waals surface area contributed by atoms with Gasteiger partial charge in [0.15, 0.2) is 12.4 Å². The fourth-order valence-corrected chi connectivity index (χ4v) is 2.31. The van der Waals surface area contributed by atoms with E-state index >= 15 is 0 Å². The molecule has 1 heterocycles. The molecule has 2 N–H and O–H groups in total. The number of anilines is 2. The quantitative estimate of drug-likeness (QED) is 0.668. The van der Waals surface area contributed by atoms with Crippen LogP contribution in [0.3, 0.4) is 0 Å². The Morgan fingerprint density at radius 1 is 1.30 bits per heavy atom.